The number of sulfonamides is 1. The van der Waals surface area contributed by atoms with Gasteiger partial charge in [0.05, 0.1) is 23.5 Å². The van der Waals surface area contributed by atoms with E-state index in [1.807, 2.05) is 19.1 Å². The first-order valence-corrected chi connectivity index (χ1v) is 11.2. The van der Waals surface area contributed by atoms with E-state index in [2.05, 4.69) is 31.4 Å². The van der Waals surface area contributed by atoms with Gasteiger partial charge in [-0.25, -0.2) is 23.1 Å². The van der Waals surface area contributed by atoms with Crippen LogP contribution in [0.3, 0.4) is 0 Å². The Kier molecular flexibility index (Phi) is 4.89. The molecule has 29 heavy (non-hydrogen) atoms. The minimum atomic E-state index is -3.67. The Balaban J connectivity index is 1.86. The number of benzene rings is 1. The first-order chi connectivity index (χ1) is 13.8. The topological polar surface area (TPSA) is 101 Å². The molecule has 8 heteroatoms. The van der Waals surface area contributed by atoms with Crippen LogP contribution in [0.1, 0.15) is 37.8 Å². The van der Waals surface area contributed by atoms with Crippen LogP contribution < -0.4 is 4.72 Å². The quantitative estimate of drug-likeness (QED) is 0.673. The molecule has 3 aromatic rings. The Bertz CT molecular complexity index is 1220. The van der Waals surface area contributed by atoms with Gasteiger partial charge >= 0.3 is 0 Å². The van der Waals surface area contributed by atoms with Crippen molar-refractivity contribution >= 4 is 20.9 Å². The van der Waals surface area contributed by atoms with Crippen molar-refractivity contribution in [1.29, 1.82) is 5.26 Å². The number of hydrogen-bond acceptors (Lipinski definition) is 5. The van der Waals surface area contributed by atoms with Crippen molar-refractivity contribution in [2.45, 2.75) is 51.1 Å². The van der Waals surface area contributed by atoms with Gasteiger partial charge in [-0.15, -0.1) is 0 Å². The first-order valence-electron chi connectivity index (χ1n) is 9.68. The second-order valence-corrected chi connectivity index (χ2v) is 9.64. The molecule has 0 bridgehead atoms. The number of nitriles is 1. The lowest BCUT2D eigenvalue weighted by Gasteiger charge is -2.11. The SMILES string of the molecule is Cc1ccc2c(C#N)c(-c3ncc(S(=O)(=O)NC(C)C)cn3)n(CC3CC3)c2c1. The first kappa shape index (κ1) is 19.6. The minimum Gasteiger partial charge on any atom is -0.336 e. The lowest BCUT2D eigenvalue weighted by atomic mass is 10.1. The van der Waals surface area contributed by atoms with E-state index in [9.17, 15) is 13.7 Å². The van der Waals surface area contributed by atoms with Crippen molar-refractivity contribution in [1.82, 2.24) is 19.3 Å². The zero-order valence-corrected chi connectivity index (χ0v) is 17.5. The number of hydrogen-bond donors (Lipinski definition) is 1. The molecule has 0 saturated heterocycles. The third-order valence-corrected chi connectivity index (χ3v) is 6.62. The standard InChI is InChI=1S/C21H23N5O2S/c1-13(2)25-29(27,28)16-10-23-21(24-11-16)20-18(9-22)17-7-4-14(3)8-19(17)26(20)12-15-5-6-15/h4,7-8,10-11,13,15,25H,5-6,12H2,1-3H3. The lowest BCUT2D eigenvalue weighted by molar-refractivity contribution is 0.569. The average Bonchev–Trinajstić information content (AvgIpc) is 3.43. The molecule has 1 aromatic carbocycles. The highest BCUT2D eigenvalue weighted by atomic mass is 32.2. The highest BCUT2D eigenvalue weighted by Crippen LogP contribution is 2.37. The van der Waals surface area contributed by atoms with E-state index in [4.69, 9.17) is 0 Å². The monoisotopic (exact) mass is 409 g/mol. The normalized spacial score (nSPS) is 14.4. The highest BCUT2D eigenvalue weighted by Gasteiger charge is 2.28. The molecule has 0 spiro atoms. The molecule has 1 N–H and O–H groups in total. The molecule has 2 aromatic heterocycles. The lowest BCUT2D eigenvalue weighted by Crippen LogP contribution is -2.30. The molecule has 1 fully saturated rings. The van der Waals surface area contributed by atoms with E-state index >= 15 is 0 Å². The molecule has 1 saturated carbocycles. The largest absolute Gasteiger partial charge is 0.336 e. The fourth-order valence-electron chi connectivity index (χ4n) is 3.51. The Morgan fingerprint density at radius 2 is 1.97 bits per heavy atom. The summed E-state index contributed by atoms with van der Waals surface area (Å²) in [6.07, 6.45) is 4.95. The summed E-state index contributed by atoms with van der Waals surface area (Å²) in [5.41, 5.74) is 3.28. The van der Waals surface area contributed by atoms with Crippen molar-refractivity contribution < 1.29 is 8.42 Å². The fourth-order valence-corrected chi connectivity index (χ4v) is 4.65. The molecule has 0 aliphatic heterocycles. The Morgan fingerprint density at radius 3 is 2.55 bits per heavy atom. The predicted octanol–water partition coefficient (Wildman–Crippen LogP) is 3.38. The molecular formula is C21H23N5O2S. The predicted molar refractivity (Wildman–Crippen MR) is 111 cm³/mol. The molecule has 4 rings (SSSR count). The Labute approximate surface area is 170 Å². The molecule has 7 nitrogen and oxygen atoms in total. The summed E-state index contributed by atoms with van der Waals surface area (Å²) in [5, 5.41) is 10.7. The third-order valence-electron chi connectivity index (χ3n) is 5.01. The van der Waals surface area contributed by atoms with Crippen LogP contribution in [0.4, 0.5) is 0 Å². The fraction of sp³-hybridized carbons (Fsp3) is 0.381. The molecular weight excluding hydrogens is 386 g/mol. The Hall–Kier alpha value is -2.76. The number of aryl methyl sites for hydroxylation is 1. The van der Waals surface area contributed by atoms with Crippen LogP contribution in [0, 0.1) is 24.2 Å². The molecule has 1 aliphatic carbocycles. The van der Waals surface area contributed by atoms with Crippen LogP contribution in [-0.4, -0.2) is 29.0 Å². The molecule has 0 amide bonds. The summed E-state index contributed by atoms with van der Waals surface area (Å²) >= 11 is 0. The number of nitrogens with one attached hydrogen (secondary N) is 1. The van der Waals surface area contributed by atoms with Crippen molar-refractivity contribution in [3.63, 3.8) is 0 Å². The van der Waals surface area contributed by atoms with Gasteiger partial charge in [0.1, 0.15) is 16.7 Å². The van der Waals surface area contributed by atoms with Crippen LogP contribution >= 0.6 is 0 Å². The number of aromatic nitrogens is 3. The minimum absolute atomic E-state index is 0.00848. The summed E-state index contributed by atoms with van der Waals surface area (Å²) in [6.45, 7) is 6.33. The second-order valence-electron chi connectivity index (χ2n) is 7.93. The molecule has 0 atom stereocenters. The van der Waals surface area contributed by atoms with Crippen LogP contribution in [0.15, 0.2) is 35.5 Å². The Morgan fingerprint density at radius 1 is 1.28 bits per heavy atom. The number of rotatable bonds is 6. The van der Waals surface area contributed by atoms with E-state index in [0.29, 0.717) is 23.0 Å². The summed E-state index contributed by atoms with van der Waals surface area (Å²) in [5.74, 6) is 0.950. The van der Waals surface area contributed by atoms with Crippen LogP contribution in [0.5, 0.6) is 0 Å². The van der Waals surface area contributed by atoms with Crippen molar-refractivity contribution in [3.8, 4) is 17.6 Å². The van der Waals surface area contributed by atoms with Gasteiger partial charge in [0.15, 0.2) is 5.82 Å². The van der Waals surface area contributed by atoms with Crippen molar-refractivity contribution in [3.05, 3.63) is 41.7 Å². The molecule has 150 valence electrons. The number of nitrogens with zero attached hydrogens (tertiary/aromatic N) is 4. The zero-order chi connectivity index (χ0) is 20.8. The van der Waals surface area contributed by atoms with Crippen molar-refractivity contribution in [2.24, 2.45) is 5.92 Å². The van der Waals surface area contributed by atoms with Gasteiger partial charge in [0, 0.05) is 18.0 Å². The van der Waals surface area contributed by atoms with Crippen LogP contribution in [-0.2, 0) is 16.6 Å². The summed E-state index contributed by atoms with van der Waals surface area (Å²) in [6, 6.07) is 8.11. The van der Waals surface area contributed by atoms with Gasteiger partial charge in [-0.1, -0.05) is 12.1 Å². The van der Waals surface area contributed by atoms with E-state index in [1.165, 1.54) is 25.2 Å². The summed E-state index contributed by atoms with van der Waals surface area (Å²) in [4.78, 5) is 8.68. The summed E-state index contributed by atoms with van der Waals surface area (Å²) < 4.78 is 29.4. The van der Waals surface area contributed by atoms with Gasteiger partial charge in [0.25, 0.3) is 0 Å². The molecule has 0 unspecified atom stereocenters. The molecule has 1 aliphatic rings. The smallest absolute Gasteiger partial charge is 0.243 e. The maximum atomic E-state index is 12.4. The maximum absolute atomic E-state index is 12.4. The van der Waals surface area contributed by atoms with Gasteiger partial charge in [-0.05, 0) is 51.2 Å². The number of fused-ring (bicyclic) bond motifs is 1. The molecule has 2 heterocycles. The van der Waals surface area contributed by atoms with E-state index in [1.54, 1.807) is 13.8 Å². The van der Waals surface area contributed by atoms with Crippen molar-refractivity contribution in [2.75, 3.05) is 0 Å². The van der Waals surface area contributed by atoms with Gasteiger partial charge < -0.3 is 4.57 Å². The average molecular weight is 410 g/mol. The molecule has 0 radical (unpaired) electrons. The van der Waals surface area contributed by atoms with Gasteiger partial charge in [-0.2, -0.15) is 5.26 Å². The highest BCUT2D eigenvalue weighted by molar-refractivity contribution is 7.89. The van der Waals surface area contributed by atoms with Gasteiger partial charge in [-0.3, -0.25) is 0 Å². The third kappa shape index (κ3) is 3.76. The zero-order valence-electron chi connectivity index (χ0n) is 16.7. The van der Waals surface area contributed by atoms with E-state index < -0.39 is 10.0 Å². The van der Waals surface area contributed by atoms with E-state index in [0.717, 1.165) is 23.0 Å². The van der Waals surface area contributed by atoms with Gasteiger partial charge in [0.2, 0.25) is 10.0 Å². The second kappa shape index (κ2) is 7.25. The summed E-state index contributed by atoms with van der Waals surface area (Å²) in [7, 11) is -3.67. The van der Waals surface area contributed by atoms with E-state index in [-0.39, 0.29) is 10.9 Å². The van der Waals surface area contributed by atoms with Crippen LogP contribution in [0.2, 0.25) is 0 Å². The van der Waals surface area contributed by atoms with Crippen LogP contribution in [0.25, 0.3) is 22.4 Å². The maximum Gasteiger partial charge on any atom is 0.243 e.